The number of ether oxygens (including phenoxy) is 1. The molecule has 3 rings (SSSR count). The molecule has 1 unspecified atom stereocenters. The number of benzene rings is 1. The third-order valence-corrected chi connectivity index (χ3v) is 4.70. The molecular weight excluding hydrogens is 308 g/mol. The van der Waals surface area contributed by atoms with Gasteiger partial charge in [-0.05, 0) is 36.1 Å². The van der Waals surface area contributed by atoms with Crippen LogP contribution in [0.3, 0.4) is 0 Å². The molecule has 3 N–H and O–H groups in total. The molecule has 0 bridgehead atoms. The van der Waals surface area contributed by atoms with Gasteiger partial charge in [-0.15, -0.1) is 0 Å². The number of amides is 2. The standard InChI is InChI=1S/C18H24N2O4/c21-15(12-6-7-16-13(10-12)8-9-24-16)11-19-17(22)18(23)20-14-4-2-1-3-5-14/h6-7,10,14-15,21H,1-5,8-9,11H2,(H,19,22)(H,20,23). The van der Waals surface area contributed by atoms with Crippen LogP contribution in [0, 0.1) is 0 Å². The highest BCUT2D eigenvalue weighted by molar-refractivity contribution is 6.35. The van der Waals surface area contributed by atoms with E-state index in [1.807, 2.05) is 12.1 Å². The van der Waals surface area contributed by atoms with Gasteiger partial charge in [0.1, 0.15) is 5.75 Å². The van der Waals surface area contributed by atoms with Crippen LogP contribution in [0.25, 0.3) is 0 Å². The SMILES string of the molecule is O=C(NCC(O)c1ccc2c(c1)CCO2)C(=O)NC1CCCCC1. The summed E-state index contributed by atoms with van der Waals surface area (Å²) in [6, 6.07) is 5.60. The van der Waals surface area contributed by atoms with E-state index in [1.165, 1.54) is 6.42 Å². The summed E-state index contributed by atoms with van der Waals surface area (Å²) in [4.78, 5) is 23.8. The van der Waals surface area contributed by atoms with E-state index in [4.69, 9.17) is 4.74 Å². The van der Waals surface area contributed by atoms with Crippen molar-refractivity contribution in [1.82, 2.24) is 10.6 Å². The maximum atomic E-state index is 11.9. The molecule has 1 fully saturated rings. The van der Waals surface area contributed by atoms with E-state index in [2.05, 4.69) is 10.6 Å². The van der Waals surface area contributed by atoms with Gasteiger partial charge in [-0.1, -0.05) is 25.3 Å². The van der Waals surface area contributed by atoms with Crippen LogP contribution in [0.15, 0.2) is 18.2 Å². The Hall–Kier alpha value is -2.08. The van der Waals surface area contributed by atoms with Crippen LogP contribution in [-0.2, 0) is 16.0 Å². The smallest absolute Gasteiger partial charge is 0.309 e. The second-order valence-electron chi connectivity index (χ2n) is 6.50. The summed E-state index contributed by atoms with van der Waals surface area (Å²) in [5, 5.41) is 15.5. The zero-order valence-corrected chi connectivity index (χ0v) is 13.7. The van der Waals surface area contributed by atoms with E-state index in [0.29, 0.717) is 12.2 Å². The van der Waals surface area contributed by atoms with Crippen molar-refractivity contribution in [2.24, 2.45) is 0 Å². The molecule has 1 aromatic carbocycles. The summed E-state index contributed by atoms with van der Waals surface area (Å²) in [7, 11) is 0. The van der Waals surface area contributed by atoms with Crippen molar-refractivity contribution in [3.05, 3.63) is 29.3 Å². The predicted octanol–water partition coefficient (Wildman–Crippen LogP) is 1.22. The second kappa shape index (κ2) is 7.66. The van der Waals surface area contributed by atoms with Gasteiger partial charge in [0.25, 0.3) is 0 Å². The van der Waals surface area contributed by atoms with Gasteiger partial charge in [-0.3, -0.25) is 9.59 Å². The molecule has 130 valence electrons. The summed E-state index contributed by atoms with van der Waals surface area (Å²) in [6.07, 6.45) is 5.21. The lowest BCUT2D eigenvalue weighted by atomic mass is 9.95. The van der Waals surface area contributed by atoms with Crippen LogP contribution in [0.4, 0.5) is 0 Å². The Labute approximate surface area is 141 Å². The molecule has 6 nitrogen and oxygen atoms in total. The fourth-order valence-electron chi connectivity index (χ4n) is 3.30. The van der Waals surface area contributed by atoms with Gasteiger partial charge in [0.05, 0.1) is 12.7 Å². The molecule has 0 spiro atoms. The first-order valence-electron chi connectivity index (χ1n) is 8.66. The quantitative estimate of drug-likeness (QED) is 0.724. The minimum atomic E-state index is -0.845. The lowest BCUT2D eigenvalue weighted by Crippen LogP contribution is -2.46. The Bertz CT molecular complexity index is 611. The highest BCUT2D eigenvalue weighted by Crippen LogP contribution is 2.28. The zero-order valence-electron chi connectivity index (χ0n) is 13.7. The van der Waals surface area contributed by atoms with Gasteiger partial charge in [0.2, 0.25) is 0 Å². The van der Waals surface area contributed by atoms with Gasteiger partial charge in [-0.25, -0.2) is 0 Å². The second-order valence-corrected chi connectivity index (χ2v) is 6.50. The van der Waals surface area contributed by atoms with Crippen molar-refractivity contribution in [3.63, 3.8) is 0 Å². The summed E-state index contributed by atoms with van der Waals surface area (Å²) < 4.78 is 5.43. The van der Waals surface area contributed by atoms with Crippen LogP contribution in [-0.4, -0.2) is 36.1 Å². The predicted molar refractivity (Wildman–Crippen MR) is 88.6 cm³/mol. The monoisotopic (exact) mass is 332 g/mol. The Morgan fingerprint density at radius 2 is 2.00 bits per heavy atom. The van der Waals surface area contributed by atoms with Gasteiger partial charge >= 0.3 is 11.8 Å². The number of carbonyl (C=O) groups is 2. The molecule has 0 saturated heterocycles. The molecule has 1 atom stereocenters. The largest absolute Gasteiger partial charge is 0.493 e. The van der Waals surface area contributed by atoms with Crippen LogP contribution >= 0.6 is 0 Å². The molecule has 1 aromatic rings. The van der Waals surface area contributed by atoms with Crippen LogP contribution in [0.1, 0.15) is 49.3 Å². The van der Waals surface area contributed by atoms with Crippen molar-refractivity contribution < 1.29 is 19.4 Å². The minimum absolute atomic E-state index is 0.0105. The fraction of sp³-hybridized carbons (Fsp3) is 0.556. The number of fused-ring (bicyclic) bond motifs is 1. The molecule has 1 saturated carbocycles. The van der Waals surface area contributed by atoms with Crippen molar-refractivity contribution in [3.8, 4) is 5.75 Å². The number of rotatable bonds is 4. The van der Waals surface area contributed by atoms with Crippen LogP contribution < -0.4 is 15.4 Å². The number of aliphatic hydroxyl groups excluding tert-OH is 1. The fourth-order valence-corrected chi connectivity index (χ4v) is 3.30. The normalized spacial score (nSPS) is 18.4. The summed E-state index contributed by atoms with van der Waals surface area (Å²) in [6.45, 7) is 0.670. The maximum Gasteiger partial charge on any atom is 0.309 e. The molecule has 2 aliphatic rings. The lowest BCUT2D eigenvalue weighted by molar-refractivity contribution is -0.140. The van der Waals surface area contributed by atoms with Crippen molar-refractivity contribution in [2.75, 3.05) is 13.2 Å². The zero-order chi connectivity index (χ0) is 16.9. The number of hydrogen-bond acceptors (Lipinski definition) is 4. The number of nitrogens with one attached hydrogen (secondary N) is 2. The molecule has 1 heterocycles. The molecular formula is C18H24N2O4. The first kappa shape index (κ1) is 16.8. The average molecular weight is 332 g/mol. The lowest BCUT2D eigenvalue weighted by Gasteiger charge is -2.22. The van der Waals surface area contributed by atoms with Gasteiger partial charge in [0.15, 0.2) is 0 Å². The van der Waals surface area contributed by atoms with Gasteiger partial charge in [-0.2, -0.15) is 0 Å². The highest BCUT2D eigenvalue weighted by atomic mass is 16.5. The van der Waals surface area contributed by atoms with E-state index in [-0.39, 0.29) is 12.6 Å². The van der Waals surface area contributed by atoms with Crippen molar-refractivity contribution >= 4 is 11.8 Å². The molecule has 6 heteroatoms. The summed E-state index contributed by atoms with van der Waals surface area (Å²) in [5.41, 5.74) is 1.78. The Morgan fingerprint density at radius 1 is 1.21 bits per heavy atom. The topological polar surface area (TPSA) is 87.7 Å². The van der Waals surface area contributed by atoms with E-state index in [0.717, 1.165) is 43.4 Å². The van der Waals surface area contributed by atoms with E-state index in [9.17, 15) is 14.7 Å². The van der Waals surface area contributed by atoms with Crippen molar-refractivity contribution in [2.45, 2.75) is 50.7 Å². The minimum Gasteiger partial charge on any atom is -0.493 e. The third kappa shape index (κ3) is 4.06. The maximum absolute atomic E-state index is 11.9. The van der Waals surface area contributed by atoms with E-state index < -0.39 is 17.9 Å². The first-order chi connectivity index (χ1) is 11.6. The number of hydrogen-bond donors (Lipinski definition) is 3. The molecule has 2 amide bonds. The summed E-state index contributed by atoms with van der Waals surface area (Å²) >= 11 is 0. The Kier molecular flexibility index (Phi) is 5.35. The van der Waals surface area contributed by atoms with Crippen LogP contribution in [0.2, 0.25) is 0 Å². The van der Waals surface area contributed by atoms with Gasteiger partial charge < -0.3 is 20.5 Å². The molecule has 24 heavy (non-hydrogen) atoms. The van der Waals surface area contributed by atoms with Gasteiger partial charge in [0, 0.05) is 19.0 Å². The first-order valence-corrected chi connectivity index (χ1v) is 8.66. The summed E-state index contributed by atoms with van der Waals surface area (Å²) in [5.74, 6) is -0.456. The molecule has 1 aliphatic heterocycles. The molecule has 1 aliphatic carbocycles. The van der Waals surface area contributed by atoms with Crippen LogP contribution in [0.5, 0.6) is 5.75 Å². The number of aliphatic hydroxyl groups is 1. The number of carbonyl (C=O) groups excluding carboxylic acids is 2. The highest BCUT2D eigenvalue weighted by Gasteiger charge is 2.21. The average Bonchev–Trinajstić information content (AvgIpc) is 3.07. The molecule has 0 radical (unpaired) electrons. The Morgan fingerprint density at radius 3 is 2.79 bits per heavy atom. The Balaban J connectivity index is 1.47. The third-order valence-electron chi connectivity index (χ3n) is 4.70. The molecule has 0 aromatic heterocycles. The van der Waals surface area contributed by atoms with Crippen molar-refractivity contribution in [1.29, 1.82) is 0 Å². The van der Waals surface area contributed by atoms with E-state index in [1.54, 1.807) is 6.07 Å². The van der Waals surface area contributed by atoms with E-state index >= 15 is 0 Å².